The highest BCUT2D eigenvalue weighted by atomic mass is 19.1. The fourth-order valence-electron chi connectivity index (χ4n) is 2.72. The molecule has 3 N–H and O–H groups in total. The van der Waals surface area contributed by atoms with Gasteiger partial charge in [0.1, 0.15) is 5.82 Å². The summed E-state index contributed by atoms with van der Waals surface area (Å²) in [5.74, 6) is -0.793. The summed E-state index contributed by atoms with van der Waals surface area (Å²) in [6.07, 6.45) is 1.31. The fraction of sp³-hybridized carbons (Fsp3) is 0.471. The SMILES string of the molecule is CNC(=O)NC(=O)CN1CCC(C(=O)NCc2ccc(F)cc2)CC1. The monoisotopic (exact) mass is 350 g/mol. The Balaban J connectivity index is 1.70. The highest BCUT2D eigenvalue weighted by Gasteiger charge is 2.25. The molecule has 0 aliphatic carbocycles. The van der Waals surface area contributed by atoms with Crippen molar-refractivity contribution < 1.29 is 18.8 Å². The molecule has 136 valence electrons. The summed E-state index contributed by atoms with van der Waals surface area (Å²) in [4.78, 5) is 36.9. The Morgan fingerprint density at radius 2 is 1.80 bits per heavy atom. The van der Waals surface area contributed by atoms with Crippen molar-refractivity contribution in [1.29, 1.82) is 0 Å². The van der Waals surface area contributed by atoms with Gasteiger partial charge in [0, 0.05) is 19.5 Å². The molecule has 4 amide bonds. The van der Waals surface area contributed by atoms with Crippen LogP contribution < -0.4 is 16.0 Å². The summed E-state index contributed by atoms with van der Waals surface area (Å²) in [5, 5.41) is 7.40. The van der Waals surface area contributed by atoms with E-state index in [0.29, 0.717) is 32.5 Å². The molecule has 7 nitrogen and oxygen atoms in total. The molecule has 2 rings (SSSR count). The van der Waals surface area contributed by atoms with Crippen LogP contribution in [0.2, 0.25) is 0 Å². The molecule has 1 fully saturated rings. The molecule has 0 saturated carbocycles. The summed E-state index contributed by atoms with van der Waals surface area (Å²) >= 11 is 0. The van der Waals surface area contributed by atoms with Crippen LogP contribution in [0.1, 0.15) is 18.4 Å². The van der Waals surface area contributed by atoms with Crippen LogP contribution in [0.25, 0.3) is 0 Å². The molecule has 0 bridgehead atoms. The van der Waals surface area contributed by atoms with E-state index in [1.54, 1.807) is 12.1 Å². The topological polar surface area (TPSA) is 90.5 Å². The molecule has 0 unspecified atom stereocenters. The van der Waals surface area contributed by atoms with Crippen LogP contribution in [-0.4, -0.2) is 49.4 Å². The molecule has 1 aromatic rings. The third kappa shape index (κ3) is 6.15. The summed E-state index contributed by atoms with van der Waals surface area (Å²) in [7, 11) is 1.44. The number of urea groups is 1. The summed E-state index contributed by atoms with van der Waals surface area (Å²) < 4.78 is 12.9. The highest BCUT2D eigenvalue weighted by Crippen LogP contribution is 2.17. The predicted octanol–water partition coefficient (Wildman–Crippen LogP) is 0.610. The van der Waals surface area contributed by atoms with Crippen molar-refractivity contribution in [3.63, 3.8) is 0 Å². The van der Waals surface area contributed by atoms with Gasteiger partial charge in [-0.25, -0.2) is 9.18 Å². The van der Waals surface area contributed by atoms with E-state index in [2.05, 4.69) is 16.0 Å². The van der Waals surface area contributed by atoms with Crippen LogP contribution in [0.15, 0.2) is 24.3 Å². The Morgan fingerprint density at radius 1 is 1.16 bits per heavy atom. The van der Waals surface area contributed by atoms with E-state index in [-0.39, 0.29) is 30.1 Å². The quantitative estimate of drug-likeness (QED) is 0.726. The number of nitrogens with one attached hydrogen (secondary N) is 3. The van der Waals surface area contributed by atoms with Gasteiger partial charge in [-0.05, 0) is 43.6 Å². The standard InChI is InChI=1S/C17H23FN4O3/c1-19-17(25)21-15(23)11-22-8-6-13(7-9-22)16(24)20-10-12-2-4-14(18)5-3-12/h2-5,13H,6-11H2,1H3,(H,20,24)(H2,19,21,23,25). The average molecular weight is 350 g/mol. The van der Waals surface area contributed by atoms with Gasteiger partial charge in [0.15, 0.2) is 0 Å². The molecule has 1 aliphatic rings. The second-order valence-electron chi connectivity index (χ2n) is 6.02. The molecular weight excluding hydrogens is 327 g/mol. The number of carbonyl (C=O) groups excluding carboxylic acids is 3. The number of hydrogen-bond acceptors (Lipinski definition) is 4. The first-order valence-corrected chi connectivity index (χ1v) is 8.24. The van der Waals surface area contributed by atoms with Crippen molar-refractivity contribution in [2.24, 2.45) is 5.92 Å². The van der Waals surface area contributed by atoms with Crippen LogP contribution >= 0.6 is 0 Å². The summed E-state index contributed by atoms with van der Waals surface area (Å²) in [6, 6.07) is 5.49. The van der Waals surface area contributed by atoms with Crippen LogP contribution in [-0.2, 0) is 16.1 Å². The van der Waals surface area contributed by atoms with E-state index >= 15 is 0 Å². The number of nitrogens with zero attached hydrogens (tertiary/aromatic N) is 1. The van der Waals surface area contributed by atoms with Crippen molar-refractivity contribution in [2.45, 2.75) is 19.4 Å². The minimum atomic E-state index is -0.528. The Kier molecular flexibility index (Phi) is 6.88. The number of halogens is 1. The number of carbonyl (C=O) groups is 3. The van der Waals surface area contributed by atoms with Crippen LogP contribution in [0.5, 0.6) is 0 Å². The van der Waals surface area contributed by atoms with Gasteiger partial charge in [0.25, 0.3) is 0 Å². The maximum atomic E-state index is 12.9. The lowest BCUT2D eigenvalue weighted by Crippen LogP contribution is -2.46. The average Bonchev–Trinajstić information content (AvgIpc) is 2.61. The van der Waals surface area contributed by atoms with Crippen molar-refractivity contribution >= 4 is 17.8 Å². The molecule has 0 radical (unpaired) electrons. The molecule has 0 spiro atoms. The molecule has 1 aromatic carbocycles. The molecule has 1 saturated heterocycles. The van der Waals surface area contributed by atoms with Crippen LogP contribution in [0.4, 0.5) is 9.18 Å². The highest BCUT2D eigenvalue weighted by molar-refractivity contribution is 5.95. The zero-order chi connectivity index (χ0) is 18.2. The summed E-state index contributed by atoms with van der Waals surface area (Å²) in [6.45, 7) is 1.75. The minimum absolute atomic E-state index is 0.0289. The molecule has 8 heteroatoms. The predicted molar refractivity (Wildman–Crippen MR) is 90.0 cm³/mol. The van der Waals surface area contributed by atoms with Gasteiger partial charge >= 0.3 is 6.03 Å². The molecule has 0 aromatic heterocycles. The van der Waals surface area contributed by atoms with E-state index in [1.165, 1.54) is 19.2 Å². The zero-order valence-corrected chi connectivity index (χ0v) is 14.2. The summed E-state index contributed by atoms with van der Waals surface area (Å²) in [5.41, 5.74) is 0.845. The van der Waals surface area contributed by atoms with Gasteiger partial charge in [-0.15, -0.1) is 0 Å². The van der Waals surface area contributed by atoms with Gasteiger partial charge in [0.05, 0.1) is 6.54 Å². The maximum Gasteiger partial charge on any atom is 0.321 e. The van der Waals surface area contributed by atoms with Gasteiger partial charge in [-0.1, -0.05) is 12.1 Å². The first-order chi connectivity index (χ1) is 12.0. The van der Waals surface area contributed by atoms with E-state index in [1.807, 2.05) is 4.90 Å². The van der Waals surface area contributed by atoms with Crippen LogP contribution in [0.3, 0.4) is 0 Å². The van der Waals surface area contributed by atoms with Crippen molar-refractivity contribution in [1.82, 2.24) is 20.9 Å². The third-order valence-electron chi connectivity index (χ3n) is 4.19. The number of hydrogen-bond donors (Lipinski definition) is 3. The van der Waals surface area contributed by atoms with E-state index in [0.717, 1.165) is 5.56 Å². The first-order valence-electron chi connectivity index (χ1n) is 8.24. The minimum Gasteiger partial charge on any atom is -0.352 e. The Morgan fingerprint density at radius 3 is 2.40 bits per heavy atom. The zero-order valence-electron chi connectivity index (χ0n) is 14.2. The van der Waals surface area contributed by atoms with E-state index in [9.17, 15) is 18.8 Å². The van der Waals surface area contributed by atoms with Gasteiger partial charge in [-0.3, -0.25) is 19.8 Å². The van der Waals surface area contributed by atoms with Gasteiger partial charge in [-0.2, -0.15) is 0 Å². The van der Waals surface area contributed by atoms with E-state index in [4.69, 9.17) is 0 Å². The number of benzene rings is 1. The Hall–Kier alpha value is -2.48. The van der Waals surface area contributed by atoms with Gasteiger partial charge in [0.2, 0.25) is 11.8 Å². The van der Waals surface area contributed by atoms with Crippen molar-refractivity contribution in [2.75, 3.05) is 26.7 Å². The molecule has 0 atom stereocenters. The lowest BCUT2D eigenvalue weighted by Gasteiger charge is -2.30. The number of piperidine rings is 1. The fourth-order valence-corrected chi connectivity index (χ4v) is 2.72. The lowest BCUT2D eigenvalue weighted by atomic mass is 9.96. The van der Waals surface area contributed by atoms with Crippen molar-refractivity contribution in [3.8, 4) is 0 Å². The normalized spacial score (nSPS) is 15.4. The maximum absolute atomic E-state index is 12.9. The molecular formula is C17H23FN4O3. The Bertz CT molecular complexity index is 613. The second kappa shape index (κ2) is 9.12. The lowest BCUT2D eigenvalue weighted by molar-refractivity contribution is -0.126. The molecule has 25 heavy (non-hydrogen) atoms. The Labute approximate surface area is 145 Å². The second-order valence-corrected chi connectivity index (χ2v) is 6.02. The van der Waals surface area contributed by atoms with Crippen LogP contribution in [0, 0.1) is 11.7 Å². The van der Waals surface area contributed by atoms with Gasteiger partial charge < -0.3 is 10.6 Å². The number of imide groups is 1. The number of rotatable bonds is 5. The first kappa shape index (κ1) is 18.9. The van der Waals surface area contributed by atoms with Crippen molar-refractivity contribution in [3.05, 3.63) is 35.6 Å². The number of likely N-dealkylation sites (tertiary alicyclic amines) is 1. The largest absolute Gasteiger partial charge is 0.352 e. The molecule has 1 heterocycles. The molecule has 1 aliphatic heterocycles. The smallest absolute Gasteiger partial charge is 0.321 e. The van der Waals surface area contributed by atoms with E-state index < -0.39 is 6.03 Å². The third-order valence-corrected chi connectivity index (χ3v) is 4.19. The number of amides is 4.